The van der Waals surface area contributed by atoms with Gasteiger partial charge in [0.05, 0.1) is 0 Å². The van der Waals surface area contributed by atoms with Gasteiger partial charge in [-0.1, -0.05) is 11.2 Å². The second-order valence-electron chi connectivity index (χ2n) is 4.38. The monoisotopic (exact) mass is 274 g/mol. The third kappa shape index (κ3) is 3.33. The number of oxime groups is 1. The van der Waals surface area contributed by atoms with Gasteiger partial charge in [-0.2, -0.15) is 0 Å². The molecule has 0 aliphatic heterocycles. The lowest BCUT2D eigenvalue weighted by molar-refractivity contribution is 0.318. The summed E-state index contributed by atoms with van der Waals surface area (Å²) in [4.78, 5) is 8.38. The fourth-order valence-corrected chi connectivity index (χ4v) is 1.92. The van der Waals surface area contributed by atoms with Crippen molar-refractivity contribution in [3.63, 3.8) is 0 Å². The van der Waals surface area contributed by atoms with Crippen LogP contribution in [-0.2, 0) is 20.0 Å². The average molecular weight is 274 g/mol. The first-order chi connectivity index (χ1) is 9.72. The van der Waals surface area contributed by atoms with Gasteiger partial charge in [0.2, 0.25) is 0 Å². The van der Waals surface area contributed by atoms with Gasteiger partial charge in [-0.25, -0.2) is 4.98 Å². The third-order valence-corrected chi connectivity index (χ3v) is 3.00. The van der Waals surface area contributed by atoms with Crippen LogP contribution in [0.5, 0.6) is 0 Å². The van der Waals surface area contributed by atoms with Crippen LogP contribution in [0.15, 0.2) is 35.9 Å². The molecule has 0 aromatic carbocycles. The van der Waals surface area contributed by atoms with E-state index in [2.05, 4.69) is 20.4 Å². The summed E-state index contributed by atoms with van der Waals surface area (Å²) in [5, 5.41) is 15.0. The molecule has 0 radical (unpaired) electrons. The fourth-order valence-electron chi connectivity index (χ4n) is 1.92. The minimum absolute atomic E-state index is 0.0199. The van der Waals surface area contributed by atoms with Crippen LogP contribution in [0.4, 0.5) is 0 Å². The number of aryl methyl sites for hydroxylation is 1. The Morgan fingerprint density at radius 3 is 3.00 bits per heavy atom. The molecular weight excluding hydrogens is 256 g/mol. The largest absolute Gasteiger partial charge is 0.409 e. The Kier molecular flexibility index (Phi) is 4.67. The molecular formula is C13H18N6O. The second-order valence-corrected chi connectivity index (χ2v) is 4.38. The highest BCUT2D eigenvalue weighted by Gasteiger charge is 2.07. The van der Waals surface area contributed by atoms with Crippen LogP contribution in [0.25, 0.3) is 0 Å². The molecule has 0 bridgehead atoms. The third-order valence-electron chi connectivity index (χ3n) is 3.00. The van der Waals surface area contributed by atoms with Crippen molar-refractivity contribution in [2.24, 2.45) is 17.9 Å². The van der Waals surface area contributed by atoms with E-state index in [1.54, 1.807) is 12.4 Å². The highest BCUT2D eigenvalue weighted by Crippen LogP contribution is 2.04. The smallest absolute Gasteiger partial charge is 0.189 e. The Morgan fingerprint density at radius 2 is 2.30 bits per heavy atom. The maximum atomic E-state index is 8.73. The van der Waals surface area contributed by atoms with Crippen LogP contribution in [-0.4, -0.2) is 32.1 Å². The quantitative estimate of drug-likeness (QED) is 0.230. The predicted molar refractivity (Wildman–Crippen MR) is 75.4 cm³/mol. The lowest BCUT2D eigenvalue weighted by Crippen LogP contribution is -2.23. The lowest BCUT2D eigenvalue weighted by Gasteiger charge is -2.08. The molecule has 106 valence electrons. The van der Waals surface area contributed by atoms with Crippen LogP contribution >= 0.6 is 0 Å². The summed E-state index contributed by atoms with van der Waals surface area (Å²) >= 11 is 0. The number of imidazole rings is 1. The SMILES string of the molecule is Cn1ccnc1CCNCc1cccnc1C(N)=NO. The summed E-state index contributed by atoms with van der Waals surface area (Å²) in [6.07, 6.45) is 6.16. The zero-order valence-corrected chi connectivity index (χ0v) is 11.3. The van der Waals surface area contributed by atoms with Crippen LogP contribution in [0, 0.1) is 0 Å². The van der Waals surface area contributed by atoms with Crippen molar-refractivity contribution in [2.45, 2.75) is 13.0 Å². The molecule has 0 aliphatic carbocycles. The molecule has 0 unspecified atom stereocenters. The highest BCUT2D eigenvalue weighted by atomic mass is 16.4. The van der Waals surface area contributed by atoms with Gasteiger partial charge in [-0.15, -0.1) is 0 Å². The average Bonchev–Trinajstić information content (AvgIpc) is 2.88. The summed E-state index contributed by atoms with van der Waals surface area (Å²) in [6.45, 7) is 1.39. The van der Waals surface area contributed by atoms with Gasteiger partial charge in [0.15, 0.2) is 5.84 Å². The predicted octanol–water partition coefficient (Wildman–Crippen LogP) is 0.242. The van der Waals surface area contributed by atoms with Crippen molar-refractivity contribution in [3.8, 4) is 0 Å². The minimum Gasteiger partial charge on any atom is -0.409 e. The maximum absolute atomic E-state index is 8.73. The van der Waals surface area contributed by atoms with Crippen molar-refractivity contribution in [1.29, 1.82) is 0 Å². The fraction of sp³-hybridized carbons (Fsp3) is 0.308. The molecule has 0 atom stereocenters. The van der Waals surface area contributed by atoms with E-state index >= 15 is 0 Å². The van der Waals surface area contributed by atoms with E-state index in [1.807, 2.05) is 29.9 Å². The van der Waals surface area contributed by atoms with E-state index < -0.39 is 0 Å². The van der Waals surface area contributed by atoms with Crippen molar-refractivity contribution in [1.82, 2.24) is 19.9 Å². The van der Waals surface area contributed by atoms with Crippen molar-refractivity contribution in [2.75, 3.05) is 6.54 Å². The molecule has 0 saturated heterocycles. The van der Waals surface area contributed by atoms with Gasteiger partial charge < -0.3 is 20.8 Å². The Balaban J connectivity index is 1.90. The van der Waals surface area contributed by atoms with E-state index in [4.69, 9.17) is 10.9 Å². The van der Waals surface area contributed by atoms with Gasteiger partial charge in [0.25, 0.3) is 0 Å². The summed E-state index contributed by atoms with van der Waals surface area (Å²) < 4.78 is 1.99. The number of hydrogen-bond donors (Lipinski definition) is 3. The van der Waals surface area contributed by atoms with Gasteiger partial charge >= 0.3 is 0 Å². The van der Waals surface area contributed by atoms with E-state index in [-0.39, 0.29) is 5.84 Å². The lowest BCUT2D eigenvalue weighted by atomic mass is 10.2. The van der Waals surface area contributed by atoms with Crippen molar-refractivity contribution >= 4 is 5.84 Å². The molecule has 0 saturated carbocycles. The number of hydrogen-bond acceptors (Lipinski definition) is 5. The molecule has 0 spiro atoms. The number of nitrogens with two attached hydrogens (primary N) is 1. The van der Waals surface area contributed by atoms with E-state index in [0.29, 0.717) is 12.2 Å². The second kappa shape index (κ2) is 6.67. The number of nitrogens with one attached hydrogen (secondary N) is 1. The number of nitrogens with zero attached hydrogens (tertiary/aromatic N) is 4. The minimum atomic E-state index is 0.0199. The summed E-state index contributed by atoms with van der Waals surface area (Å²) in [7, 11) is 1.97. The number of pyridine rings is 1. The maximum Gasteiger partial charge on any atom is 0.189 e. The van der Waals surface area contributed by atoms with E-state index in [0.717, 1.165) is 24.4 Å². The Bertz CT molecular complexity index is 592. The standard InChI is InChI=1S/C13H18N6O/c1-19-8-7-16-11(19)4-6-15-9-10-3-2-5-17-12(10)13(14)18-20/h2-3,5,7-8,15,20H,4,6,9H2,1H3,(H2,14,18). The molecule has 4 N–H and O–H groups in total. The van der Waals surface area contributed by atoms with Crippen molar-refractivity contribution in [3.05, 3.63) is 47.8 Å². The highest BCUT2D eigenvalue weighted by molar-refractivity contribution is 5.96. The first kappa shape index (κ1) is 14.0. The molecule has 0 amide bonds. The number of amidine groups is 1. The summed E-state index contributed by atoms with van der Waals surface area (Å²) in [5.74, 6) is 1.05. The number of rotatable bonds is 6. The van der Waals surface area contributed by atoms with Crippen LogP contribution in [0.2, 0.25) is 0 Å². The molecule has 2 rings (SSSR count). The Labute approximate surface area is 117 Å². The van der Waals surface area contributed by atoms with Gasteiger partial charge in [-0.05, 0) is 11.6 Å². The molecule has 0 fully saturated rings. The number of aromatic nitrogens is 3. The molecule has 2 aromatic rings. The van der Waals surface area contributed by atoms with Crippen LogP contribution < -0.4 is 11.1 Å². The molecule has 20 heavy (non-hydrogen) atoms. The zero-order valence-electron chi connectivity index (χ0n) is 11.3. The zero-order chi connectivity index (χ0) is 14.4. The van der Waals surface area contributed by atoms with Gasteiger partial charge in [-0.3, -0.25) is 4.98 Å². The first-order valence-corrected chi connectivity index (χ1v) is 6.31. The summed E-state index contributed by atoms with van der Waals surface area (Å²) in [6, 6.07) is 3.72. The molecule has 0 aliphatic rings. The van der Waals surface area contributed by atoms with E-state index in [1.165, 1.54) is 0 Å². The molecule has 2 heterocycles. The molecule has 7 nitrogen and oxygen atoms in total. The van der Waals surface area contributed by atoms with Crippen molar-refractivity contribution < 1.29 is 5.21 Å². The first-order valence-electron chi connectivity index (χ1n) is 6.31. The molecule has 2 aromatic heterocycles. The topological polar surface area (TPSA) is 101 Å². The molecule has 7 heteroatoms. The van der Waals surface area contributed by atoms with Gasteiger partial charge in [0.1, 0.15) is 11.5 Å². The Morgan fingerprint density at radius 1 is 1.45 bits per heavy atom. The van der Waals surface area contributed by atoms with Crippen LogP contribution in [0.3, 0.4) is 0 Å². The van der Waals surface area contributed by atoms with E-state index in [9.17, 15) is 0 Å². The van der Waals surface area contributed by atoms with Crippen LogP contribution in [0.1, 0.15) is 17.1 Å². The van der Waals surface area contributed by atoms with Gasteiger partial charge in [0, 0.05) is 45.1 Å². The normalized spacial score (nSPS) is 11.8. The Hall–Kier alpha value is -2.41. The summed E-state index contributed by atoms with van der Waals surface area (Å²) in [5.41, 5.74) is 6.98.